The first-order valence-electron chi connectivity index (χ1n) is 11.2. The van der Waals surface area contributed by atoms with Crippen LogP contribution in [0.25, 0.3) is 12.2 Å². The summed E-state index contributed by atoms with van der Waals surface area (Å²) in [5, 5.41) is 0. The molecule has 2 rings (SSSR count). The second-order valence-electron chi connectivity index (χ2n) is 7.87. The Hall–Kier alpha value is -2.94. The van der Waals surface area contributed by atoms with Crippen molar-refractivity contribution in [2.45, 2.75) is 64.2 Å². The van der Waals surface area contributed by atoms with Gasteiger partial charge in [0, 0.05) is 0 Å². The summed E-state index contributed by atoms with van der Waals surface area (Å²) in [5.74, 6) is -1.82. The van der Waals surface area contributed by atoms with Crippen LogP contribution in [0.2, 0.25) is 0 Å². The Morgan fingerprint density at radius 2 is 1.10 bits per heavy atom. The largest absolute Gasteiger partial charge is 0.392 e. The predicted octanol–water partition coefficient (Wildman–Crippen LogP) is 7.29. The third kappa shape index (κ3) is 7.06. The van der Waals surface area contributed by atoms with Gasteiger partial charge in [0.15, 0.2) is 0 Å². The van der Waals surface area contributed by atoms with E-state index in [1.54, 1.807) is 12.2 Å². The lowest BCUT2D eigenvalue weighted by molar-refractivity contribution is -0.162. The van der Waals surface area contributed by atoms with Gasteiger partial charge in [0.1, 0.15) is 0 Å². The summed E-state index contributed by atoms with van der Waals surface area (Å²) in [6.07, 6.45) is 8.56. The van der Waals surface area contributed by atoms with E-state index in [9.17, 15) is 9.59 Å². The lowest BCUT2D eigenvalue weighted by atomic mass is 9.91. The summed E-state index contributed by atoms with van der Waals surface area (Å²) in [6.45, 7) is 11.7. The zero-order valence-electron chi connectivity index (χ0n) is 18.8. The highest BCUT2D eigenvalue weighted by molar-refractivity contribution is 5.92. The third-order valence-electron chi connectivity index (χ3n) is 5.61. The average Bonchev–Trinajstić information content (AvgIpc) is 2.80. The molecule has 0 fully saturated rings. The van der Waals surface area contributed by atoms with Gasteiger partial charge in [-0.3, -0.25) is 9.59 Å². The molecule has 3 nitrogen and oxygen atoms in total. The third-order valence-corrected chi connectivity index (χ3v) is 5.61. The number of hydrogen-bond donors (Lipinski definition) is 0. The highest BCUT2D eigenvalue weighted by Crippen LogP contribution is 2.28. The first-order valence-corrected chi connectivity index (χ1v) is 11.2. The topological polar surface area (TPSA) is 43.4 Å². The fourth-order valence-electron chi connectivity index (χ4n) is 3.63. The maximum atomic E-state index is 13.0. The van der Waals surface area contributed by atoms with Crippen LogP contribution < -0.4 is 0 Å². The van der Waals surface area contributed by atoms with Gasteiger partial charge in [-0.05, 0) is 35.1 Å². The van der Waals surface area contributed by atoms with E-state index in [1.165, 1.54) is 0 Å². The molecule has 2 unspecified atom stereocenters. The highest BCUT2D eigenvalue weighted by Gasteiger charge is 2.29. The van der Waals surface area contributed by atoms with Gasteiger partial charge in [0.2, 0.25) is 0 Å². The molecule has 0 aliphatic rings. The van der Waals surface area contributed by atoms with Crippen molar-refractivity contribution in [3.05, 3.63) is 83.9 Å². The van der Waals surface area contributed by atoms with Crippen LogP contribution in [0.15, 0.2) is 61.7 Å². The summed E-state index contributed by atoms with van der Waals surface area (Å²) in [4.78, 5) is 26.1. The molecule has 31 heavy (non-hydrogen) atoms. The van der Waals surface area contributed by atoms with Crippen molar-refractivity contribution in [1.82, 2.24) is 0 Å². The normalized spacial score (nSPS) is 12.6. The first-order chi connectivity index (χ1) is 15.0. The van der Waals surface area contributed by atoms with Crippen LogP contribution in [0, 0.1) is 0 Å². The van der Waals surface area contributed by atoms with Crippen LogP contribution in [0.3, 0.4) is 0 Å². The maximum Gasteiger partial charge on any atom is 0.321 e. The SMILES string of the molecule is C=Cc1ccc(C(CCCC)C(=O)OC(=O)C(CCCC)c2ccc(C=C)cc2)cc1. The van der Waals surface area contributed by atoms with Crippen molar-refractivity contribution < 1.29 is 14.3 Å². The molecule has 0 aromatic heterocycles. The minimum absolute atomic E-state index is 0.447. The fourth-order valence-corrected chi connectivity index (χ4v) is 3.63. The molecular formula is C28H34O3. The van der Waals surface area contributed by atoms with Gasteiger partial charge in [-0.15, -0.1) is 0 Å². The fraction of sp³-hybridized carbons (Fsp3) is 0.357. The number of benzene rings is 2. The highest BCUT2D eigenvalue weighted by atomic mass is 16.6. The molecule has 164 valence electrons. The van der Waals surface area contributed by atoms with Crippen LogP contribution >= 0.6 is 0 Å². The molecule has 0 radical (unpaired) electrons. The van der Waals surface area contributed by atoms with Crippen LogP contribution in [0.5, 0.6) is 0 Å². The molecule has 2 aromatic carbocycles. The standard InChI is InChI=1S/C28H34O3/c1-5-9-11-25(23-17-13-21(7-3)14-18-23)27(29)31-28(30)26(12-10-6-2)24-19-15-22(8-4)16-20-24/h7-8,13-20,25-26H,3-6,9-12H2,1-2H3. The molecule has 3 heteroatoms. The second-order valence-corrected chi connectivity index (χ2v) is 7.87. The van der Waals surface area contributed by atoms with Gasteiger partial charge >= 0.3 is 11.9 Å². The number of ether oxygens (including phenoxy) is 1. The molecule has 2 aromatic rings. The molecule has 0 heterocycles. The Labute approximate surface area is 186 Å². The van der Waals surface area contributed by atoms with Crippen molar-refractivity contribution in [3.8, 4) is 0 Å². The average molecular weight is 419 g/mol. The van der Waals surface area contributed by atoms with Crippen molar-refractivity contribution in [2.75, 3.05) is 0 Å². The number of unbranched alkanes of at least 4 members (excludes halogenated alkanes) is 2. The predicted molar refractivity (Wildman–Crippen MR) is 129 cm³/mol. The van der Waals surface area contributed by atoms with Crippen molar-refractivity contribution in [1.29, 1.82) is 0 Å². The van der Waals surface area contributed by atoms with Crippen LogP contribution in [-0.4, -0.2) is 11.9 Å². The van der Waals surface area contributed by atoms with Gasteiger partial charge < -0.3 is 4.74 Å². The Morgan fingerprint density at radius 1 is 0.742 bits per heavy atom. The molecule has 0 N–H and O–H groups in total. The molecule has 0 saturated carbocycles. The molecule has 0 saturated heterocycles. The Kier molecular flexibility index (Phi) is 9.96. The Bertz CT molecular complexity index is 789. The summed E-state index contributed by atoms with van der Waals surface area (Å²) < 4.78 is 5.47. The first kappa shape index (κ1) is 24.3. The molecule has 0 bridgehead atoms. The molecular weight excluding hydrogens is 384 g/mol. The Morgan fingerprint density at radius 3 is 1.39 bits per heavy atom. The minimum Gasteiger partial charge on any atom is -0.392 e. The number of esters is 2. The summed E-state index contributed by atoms with van der Waals surface area (Å²) in [5.41, 5.74) is 3.73. The van der Waals surface area contributed by atoms with Gasteiger partial charge in [-0.1, -0.05) is 113 Å². The van der Waals surface area contributed by atoms with E-state index >= 15 is 0 Å². The quantitative estimate of drug-likeness (QED) is 0.268. The van der Waals surface area contributed by atoms with Gasteiger partial charge in [-0.2, -0.15) is 0 Å². The van der Waals surface area contributed by atoms with E-state index in [4.69, 9.17) is 4.74 Å². The van der Waals surface area contributed by atoms with E-state index in [0.717, 1.165) is 47.9 Å². The van der Waals surface area contributed by atoms with Gasteiger partial charge in [0.05, 0.1) is 11.8 Å². The van der Waals surface area contributed by atoms with Crippen LogP contribution in [-0.2, 0) is 14.3 Å². The molecule has 0 aliphatic carbocycles. The van der Waals surface area contributed by atoms with Crippen LogP contribution in [0.1, 0.15) is 86.5 Å². The van der Waals surface area contributed by atoms with E-state index in [-0.39, 0.29) is 0 Å². The van der Waals surface area contributed by atoms with E-state index in [1.807, 2.05) is 48.5 Å². The van der Waals surface area contributed by atoms with Gasteiger partial charge in [-0.25, -0.2) is 0 Å². The molecule has 0 aliphatic heterocycles. The van der Waals surface area contributed by atoms with Crippen molar-refractivity contribution in [3.63, 3.8) is 0 Å². The number of carbonyl (C=O) groups excluding carboxylic acids is 2. The Balaban J connectivity index is 2.21. The summed E-state index contributed by atoms with van der Waals surface area (Å²) in [7, 11) is 0. The number of rotatable bonds is 12. The van der Waals surface area contributed by atoms with Crippen molar-refractivity contribution in [2.24, 2.45) is 0 Å². The van der Waals surface area contributed by atoms with Crippen molar-refractivity contribution >= 4 is 24.1 Å². The monoisotopic (exact) mass is 418 g/mol. The van der Waals surface area contributed by atoms with E-state index in [0.29, 0.717) is 12.8 Å². The minimum atomic E-state index is -0.464. The maximum absolute atomic E-state index is 13.0. The van der Waals surface area contributed by atoms with E-state index in [2.05, 4.69) is 27.0 Å². The molecule has 0 amide bonds. The lowest BCUT2D eigenvalue weighted by Gasteiger charge is -2.19. The number of hydrogen-bond acceptors (Lipinski definition) is 3. The van der Waals surface area contributed by atoms with E-state index < -0.39 is 23.8 Å². The zero-order valence-corrected chi connectivity index (χ0v) is 18.8. The lowest BCUT2D eigenvalue weighted by Crippen LogP contribution is -2.24. The number of carbonyl (C=O) groups is 2. The zero-order chi connectivity index (χ0) is 22.6. The van der Waals surface area contributed by atoms with Gasteiger partial charge in [0.25, 0.3) is 0 Å². The summed E-state index contributed by atoms with van der Waals surface area (Å²) >= 11 is 0. The van der Waals surface area contributed by atoms with Crippen LogP contribution in [0.4, 0.5) is 0 Å². The second kappa shape index (κ2) is 12.7. The molecule has 2 atom stereocenters. The smallest absolute Gasteiger partial charge is 0.321 e. The molecule has 0 spiro atoms. The summed E-state index contributed by atoms with van der Waals surface area (Å²) in [6, 6.07) is 15.4.